The van der Waals surface area contributed by atoms with E-state index in [0.29, 0.717) is 5.02 Å². The largest absolute Gasteiger partial charge is 0.271 e. The maximum Gasteiger partial charge on any atom is 0.0730 e. The van der Waals surface area contributed by atoms with Crippen molar-refractivity contribution in [2.75, 3.05) is 0 Å². The first-order valence-corrected chi connectivity index (χ1v) is 7.77. The quantitative estimate of drug-likeness (QED) is 0.519. The predicted octanol–water partition coefficient (Wildman–Crippen LogP) is 4.81. The average Bonchev–Trinajstić information content (AvgIpc) is 2.52. The summed E-state index contributed by atoms with van der Waals surface area (Å²) in [5.41, 5.74) is 4.95. The van der Waals surface area contributed by atoms with Crippen molar-refractivity contribution in [1.82, 2.24) is 5.43 Å². The number of halogens is 2. The third-order valence-electron chi connectivity index (χ3n) is 3.59. The summed E-state index contributed by atoms with van der Waals surface area (Å²) in [6.07, 6.45) is 0. The Kier molecular flexibility index (Phi) is 4.27. The first-order chi connectivity index (χ1) is 10.2. The van der Waals surface area contributed by atoms with Gasteiger partial charge in [-0.3, -0.25) is 5.84 Å². The van der Waals surface area contributed by atoms with Crippen LogP contribution >= 0.6 is 27.5 Å². The van der Waals surface area contributed by atoms with Gasteiger partial charge in [-0.05, 0) is 43.9 Å². The van der Waals surface area contributed by atoms with Crippen LogP contribution in [0, 0.1) is 0 Å². The molecule has 0 saturated heterocycles. The zero-order valence-electron chi connectivity index (χ0n) is 11.2. The molecule has 1 atom stereocenters. The lowest BCUT2D eigenvalue weighted by Gasteiger charge is -2.20. The van der Waals surface area contributed by atoms with E-state index in [1.165, 1.54) is 10.8 Å². The molecule has 0 radical (unpaired) electrons. The minimum atomic E-state index is -0.166. The Morgan fingerprint density at radius 1 is 0.905 bits per heavy atom. The first kappa shape index (κ1) is 14.5. The molecule has 0 aliphatic carbocycles. The lowest BCUT2D eigenvalue weighted by atomic mass is 9.94. The highest BCUT2D eigenvalue weighted by Crippen LogP contribution is 2.35. The number of nitrogens with one attached hydrogen (secondary N) is 1. The van der Waals surface area contributed by atoms with E-state index in [0.717, 1.165) is 15.6 Å². The monoisotopic (exact) mass is 360 g/mol. The molecule has 0 aromatic heterocycles. The second-order valence-corrected chi connectivity index (χ2v) is 6.04. The van der Waals surface area contributed by atoms with E-state index in [9.17, 15) is 0 Å². The van der Waals surface area contributed by atoms with Crippen LogP contribution in [0.1, 0.15) is 17.2 Å². The summed E-state index contributed by atoms with van der Waals surface area (Å²) in [6.45, 7) is 0. The van der Waals surface area contributed by atoms with Gasteiger partial charge in [-0.1, -0.05) is 66.2 Å². The minimum absolute atomic E-state index is 0.166. The maximum absolute atomic E-state index is 6.43. The van der Waals surface area contributed by atoms with Gasteiger partial charge in [0.15, 0.2) is 0 Å². The van der Waals surface area contributed by atoms with Gasteiger partial charge in [0.25, 0.3) is 0 Å². The third-order valence-corrected chi connectivity index (χ3v) is 4.90. The smallest absolute Gasteiger partial charge is 0.0730 e. The second-order valence-electron chi connectivity index (χ2n) is 4.81. The van der Waals surface area contributed by atoms with Crippen molar-refractivity contribution in [2.45, 2.75) is 6.04 Å². The van der Waals surface area contributed by atoms with Gasteiger partial charge in [0.2, 0.25) is 0 Å². The van der Waals surface area contributed by atoms with Gasteiger partial charge in [-0.2, -0.15) is 0 Å². The molecule has 0 spiro atoms. The molecular formula is C17H14BrClN2. The second kappa shape index (κ2) is 6.16. The van der Waals surface area contributed by atoms with Gasteiger partial charge in [-0.15, -0.1) is 0 Å². The van der Waals surface area contributed by atoms with Crippen LogP contribution < -0.4 is 11.3 Å². The third kappa shape index (κ3) is 2.70. The fourth-order valence-electron chi connectivity index (χ4n) is 2.59. The number of benzene rings is 3. The number of nitrogens with two attached hydrogens (primary N) is 1. The topological polar surface area (TPSA) is 38.0 Å². The summed E-state index contributed by atoms with van der Waals surface area (Å²) in [5, 5.41) is 3.02. The summed E-state index contributed by atoms with van der Waals surface area (Å²) in [7, 11) is 0. The predicted molar refractivity (Wildman–Crippen MR) is 92.3 cm³/mol. The molecule has 3 rings (SSSR count). The van der Waals surface area contributed by atoms with E-state index < -0.39 is 0 Å². The molecule has 21 heavy (non-hydrogen) atoms. The van der Waals surface area contributed by atoms with E-state index >= 15 is 0 Å². The van der Waals surface area contributed by atoms with E-state index in [1.807, 2.05) is 36.4 Å². The molecule has 0 aliphatic rings. The summed E-state index contributed by atoms with van der Waals surface area (Å²) in [4.78, 5) is 0. The summed E-state index contributed by atoms with van der Waals surface area (Å²) < 4.78 is 0.863. The highest BCUT2D eigenvalue weighted by atomic mass is 79.9. The van der Waals surface area contributed by atoms with Crippen LogP contribution in [0.2, 0.25) is 5.02 Å². The summed E-state index contributed by atoms with van der Waals surface area (Å²) in [5.74, 6) is 5.82. The molecule has 1 unspecified atom stereocenters. The number of fused-ring (bicyclic) bond motifs is 1. The van der Waals surface area contributed by atoms with Crippen molar-refractivity contribution in [3.63, 3.8) is 0 Å². The van der Waals surface area contributed by atoms with Crippen LogP contribution in [0.4, 0.5) is 0 Å². The normalized spacial score (nSPS) is 12.5. The number of hydrogen-bond donors (Lipinski definition) is 2. The van der Waals surface area contributed by atoms with Crippen LogP contribution in [0.5, 0.6) is 0 Å². The molecular weight excluding hydrogens is 348 g/mol. The van der Waals surface area contributed by atoms with Crippen molar-refractivity contribution in [3.05, 3.63) is 81.3 Å². The van der Waals surface area contributed by atoms with Crippen molar-refractivity contribution in [2.24, 2.45) is 5.84 Å². The standard InChI is InChI=1S/C17H14BrClN2/c18-15-10-4-9-14(16(15)19)17(21-20)13-8-3-6-11-5-1-2-7-12(11)13/h1-10,17,21H,20H2. The first-order valence-electron chi connectivity index (χ1n) is 6.60. The van der Waals surface area contributed by atoms with E-state index in [-0.39, 0.29) is 6.04 Å². The van der Waals surface area contributed by atoms with Gasteiger partial charge in [0.05, 0.1) is 11.1 Å². The number of hydrogen-bond acceptors (Lipinski definition) is 2. The van der Waals surface area contributed by atoms with E-state index in [4.69, 9.17) is 17.4 Å². The Labute approximate surface area is 137 Å². The molecule has 0 amide bonds. The molecule has 0 fully saturated rings. The van der Waals surface area contributed by atoms with Crippen molar-refractivity contribution in [1.29, 1.82) is 0 Å². The highest BCUT2D eigenvalue weighted by molar-refractivity contribution is 9.10. The van der Waals surface area contributed by atoms with Gasteiger partial charge >= 0.3 is 0 Å². The van der Waals surface area contributed by atoms with Crippen LogP contribution in [0.25, 0.3) is 10.8 Å². The Bertz CT molecular complexity index is 783. The molecule has 2 nitrogen and oxygen atoms in total. The van der Waals surface area contributed by atoms with Crippen LogP contribution in [-0.2, 0) is 0 Å². The highest BCUT2D eigenvalue weighted by Gasteiger charge is 2.18. The van der Waals surface area contributed by atoms with Crippen molar-refractivity contribution < 1.29 is 0 Å². The zero-order chi connectivity index (χ0) is 14.8. The average molecular weight is 362 g/mol. The van der Waals surface area contributed by atoms with Crippen LogP contribution in [0.3, 0.4) is 0 Å². The summed E-state index contributed by atoms with van der Waals surface area (Å²) >= 11 is 9.89. The molecule has 3 N–H and O–H groups in total. The number of rotatable bonds is 3. The maximum atomic E-state index is 6.43. The van der Waals surface area contributed by atoms with E-state index in [1.54, 1.807) is 0 Å². The molecule has 0 heterocycles. The number of hydrazine groups is 1. The van der Waals surface area contributed by atoms with Crippen LogP contribution in [0.15, 0.2) is 65.1 Å². The Hall–Kier alpha value is -1.39. The Morgan fingerprint density at radius 2 is 1.57 bits per heavy atom. The van der Waals surface area contributed by atoms with Crippen LogP contribution in [-0.4, -0.2) is 0 Å². The lowest BCUT2D eigenvalue weighted by Crippen LogP contribution is -2.29. The van der Waals surface area contributed by atoms with Gasteiger partial charge in [0, 0.05) is 4.47 Å². The molecule has 106 valence electrons. The van der Waals surface area contributed by atoms with Crippen molar-refractivity contribution >= 4 is 38.3 Å². The minimum Gasteiger partial charge on any atom is -0.271 e. The molecule has 4 heteroatoms. The van der Waals surface area contributed by atoms with Crippen molar-refractivity contribution in [3.8, 4) is 0 Å². The van der Waals surface area contributed by atoms with E-state index in [2.05, 4.69) is 45.6 Å². The molecule has 3 aromatic rings. The Morgan fingerprint density at radius 3 is 2.38 bits per heavy atom. The molecule has 0 saturated carbocycles. The SMILES string of the molecule is NNC(c1cccc(Br)c1Cl)c1cccc2ccccc12. The molecule has 3 aromatic carbocycles. The van der Waals surface area contributed by atoms with Gasteiger partial charge < -0.3 is 0 Å². The Balaban J connectivity index is 2.21. The van der Waals surface area contributed by atoms with Gasteiger partial charge in [-0.25, -0.2) is 5.43 Å². The molecule has 0 aliphatic heterocycles. The fourth-order valence-corrected chi connectivity index (χ4v) is 3.21. The zero-order valence-corrected chi connectivity index (χ0v) is 13.5. The van der Waals surface area contributed by atoms with Gasteiger partial charge in [0.1, 0.15) is 0 Å². The molecule has 0 bridgehead atoms. The summed E-state index contributed by atoms with van der Waals surface area (Å²) in [6, 6.07) is 20.2. The fraction of sp³-hybridized carbons (Fsp3) is 0.0588. The lowest BCUT2D eigenvalue weighted by molar-refractivity contribution is 0.641.